The Morgan fingerprint density at radius 2 is 1.83 bits per heavy atom. The molecule has 2 aromatic heterocycles. The Morgan fingerprint density at radius 3 is 2.48 bits per heavy atom. The number of nitrogens with zero attached hydrogens (tertiary/aromatic N) is 3. The van der Waals surface area contributed by atoms with Crippen molar-refractivity contribution in [3.8, 4) is 11.1 Å². The van der Waals surface area contributed by atoms with Crippen molar-refractivity contribution in [2.24, 2.45) is 5.73 Å². The molecule has 7 heteroatoms. The number of aromatic nitrogens is 2. The summed E-state index contributed by atoms with van der Waals surface area (Å²) in [5.74, 6) is -0.165. The van der Waals surface area contributed by atoms with Crippen LogP contribution in [0.4, 0.5) is 11.4 Å². The molecule has 1 amide bonds. The number of thiazole rings is 1. The maximum atomic E-state index is 12.7. The van der Waals surface area contributed by atoms with E-state index >= 15 is 0 Å². The summed E-state index contributed by atoms with van der Waals surface area (Å²) in [4.78, 5) is 24.1. The number of anilines is 2. The number of amides is 1. The Bertz CT molecular complexity index is 990. The normalized spacial score (nSPS) is 14.8. The highest BCUT2D eigenvalue weighted by Gasteiger charge is 2.24. The van der Waals surface area contributed by atoms with Gasteiger partial charge in [-0.05, 0) is 32.3 Å². The molecule has 29 heavy (non-hydrogen) atoms. The van der Waals surface area contributed by atoms with Crippen LogP contribution in [0.25, 0.3) is 11.1 Å². The first-order chi connectivity index (χ1) is 14.0. The fourth-order valence-corrected chi connectivity index (χ4v) is 4.38. The van der Waals surface area contributed by atoms with Crippen LogP contribution in [-0.4, -0.2) is 35.0 Å². The minimum Gasteiger partial charge on any atom is -0.369 e. The van der Waals surface area contributed by atoms with Crippen molar-refractivity contribution >= 4 is 28.6 Å². The van der Waals surface area contributed by atoms with Crippen molar-refractivity contribution in [1.82, 2.24) is 9.97 Å². The van der Waals surface area contributed by atoms with Gasteiger partial charge in [0.2, 0.25) is 0 Å². The molecule has 0 spiro atoms. The number of carbonyl (C=O) groups is 1. The third kappa shape index (κ3) is 4.31. The van der Waals surface area contributed by atoms with Crippen molar-refractivity contribution in [3.63, 3.8) is 0 Å². The first kappa shape index (κ1) is 19.5. The van der Waals surface area contributed by atoms with Crippen molar-refractivity contribution < 1.29 is 4.79 Å². The van der Waals surface area contributed by atoms with Gasteiger partial charge in [-0.1, -0.05) is 29.3 Å². The van der Waals surface area contributed by atoms with Crippen LogP contribution >= 0.6 is 11.3 Å². The van der Waals surface area contributed by atoms with E-state index < -0.39 is 0 Å². The van der Waals surface area contributed by atoms with E-state index in [0.717, 1.165) is 48.4 Å². The van der Waals surface area contributed by atoms with Crippen molar-refractivity contribution in [3.05, 3.63) is 58.3 Å². The molecule has 0 aliphatic carbocycles. The summed E-state index contributed by atoms with van der Waals surface area (Å²) < 4.78 is 0. The Kier molecular flexibility index (Phi) is 5.60. The van der Waals surface area contributed by atoms with Gasteiger partial charge < -0.3 is 16.0 Å². The monoisotopic (exact) mass is 407 g/mol. The zero-order chi connectivity index (χ0) is 20.4. The summed E-state index contributed by atoms with van der Waals surface area (Å²) in [7, 11) is 0. The molecule has 6 nitrogen and oxygen atoms in total. The SMILES string of the molecule is Cc1cc(C)cc(-c2cncc(NC(=O)c3cncs3)c2N2CCC(N)CC2)c1. The van der Waals surface area contributed by atoms with Gasteiger partial charge >= 0.3 is 0 Å². The second-order valence-electron chi connectivity index (χ2n) is 7.60. The fraction of sp³-hybridized carbons (Fsp3) is 0.318. The van der Waals surface area contributed by atoms with Gasteiger partial charge in [0.25, 0.3) is 5.91 Å². The molecule has 3 N–H and O–H groups in total. The largest absolute Gasteiger partial charge is 0.369 e. The van der Waals surface area contributed by atoms with Gasteiger partial charge in [0, 0.05) is 30.9 Å². The predicted molar refractivity (Wildman–Crippen MR) is 119 cm³/mol. The lowest BCUT2D eigenvalue weighted by Gasteiger charge is -2.34. The van der Waals surface area contributed by atoms with Crippen LogP contribution in [0.1, 0.15) is 33.6 Å². The summed E-state index contributed by atoms with van der Waals surface area (Å²) in [5.41, 5.74) is 14.0. The quantitative estimate of drug-likeness (QED) is 0.683. The molecule has 3 aromatic rings. The van der Waals surface area contributed by atoms with Gasteiger partial charge in [-0.15, -0.1) is 11.3 Å². The average Bonchev–Trinajstić information content (AvgIpc) is 3.23. The molecule has 3 heterocycles. The standard InChI is InChI=1S/C22H25N5OS/c1-14-7-15(2)9-16(8-14)18-10-24-11-19(26-22(28)20-12-25-13-29-20)21(18)27-5-3-17(23)4-6-27/h7-13,17H,3-6,23H2,1-2H3,(H,26,28). The summed E-state index contributed by atoms with van der Waals surface area (Å²) in [6.45, 7) is 5.90. The van der Waals surface area contributed by atoms with Gasteiger partial charge in [-0.25, -0.2) is 0 Å². The van der Waals surface area contributed by atoms with Gasteiger partial charge in [0.15, 0.2) is 0 Å². The van der Waals surface area contributed by atoms with Gasteiger partial charge in [-0.2, -0.15) is 0 Å². The maximum absolute atomic E-state index is 12.7. The molecule has 0 saturated carbocycles. The zero-order valence-corrected chi connectivity index (χ0v) is 17.5. The lowest BCUT2D eigenvalue weighted by Crippen LogP contribution is -2.40. The lowest BCUT2D eigenvalue weighted by molar-refractivity contribution is 0.103. The third-order valence-electron chi connectivity index (χ3n) is 5.21. The van der Waals surface area contributed by atoms with Crippen LogP contribution < -0.4 is 16.0 Å². The molecule has 1 aliphatic heterocycles. The van der Waals surface area contributed by atoms with Crippen molar-refractivity contribution in [2.75, 3.05) is 23.3 Å². The molecule has 150 valence electrons. The molecular formula is C22H25N5OS. The van der Waals surface area contributed by atoms with Crippen LogP contribution in [-0.2, 0) is 0 Å². The van der Waals surface area contributed by atoms with Gasteiger partial charge in [-0.3, -0.25) is 14.8 Å². The number of aryl methyl sites for hydroxylation is 2. The maximum Gasteiger partial charge on any atom is 0.267 e. The van der Waals surface area contributed by atoms with E-state index in [0.29, 0.717) is 4.88 Å². The lowest BCUT2D eigenvalue weighted by atomic mass is 9.98. The first-order valence-corrected chi connectivity index (χ1v) is 10.7. The van der Waals surface area contributed by atoms with Gasteiger partial charge in [0.05, 0.1) is 29.3 Å². The van der Waals surface area contributed by atoms with Crippen LogP contribution in [0, 0.1) is 13.8 Å². The number of piperidine rings is 1. The number of nitrogens with two attached hydrogens (primary N) is 1. The molecule has 1 aromatic carbocycles. The van der Waals surface area contributed by atoms with E-state index in [1.807, 2.05) is 6.20 Å². The highest BCUT2D eigenvalue weighted by Crippen LogP contribution is 2.38. The van der Waals surface area contributed by atoms with Crippen molar-refractivity contribution in [2.45, 2.75) is 32.7 Å². The number of rotatable bonds is 4. The Labute approximate surface area is 174 Å². The minimum atomic E-state index is -0.165. The second kappa shape index (κ2) is 8.31. The number of hydrogen-bond acceptors (Lipinski definition) is 6. The number of hydrogen-bond donors (Lipinski definition) is 2. The summed E-state index contributed by atoms with van der Waals surface area (Å²) in [5, 5.41) is 3.06. The first-order valence-electron chi connectivity index (χ1n) is 9.78. The fourth-order valence-electron chi connectivity index (χ4n) is 3.86. The van der Waals surface area contributed by atoms with E-state index in [1.165, 1.54) is 22.5 Å². The minimum absolute atomic E-state index is 0.165. The van der Waals surface area contributed by atoms with E-state index in [4.69, 9.17) is 5.73 Å². The van der Waals surface area contributed by atoms with E-state index in [1.54, 1.807) is 17.9 Å². The number of nitrogens with one attached hydrogen (secondary N) is 1. The third-order valence-corrected chi connectivity index (χ3v) is 5.98. The summed E-state index contributed by atoms with van der Waals surface area (Å²) in [6, 6.07) is 6.72. The van der Waals surface area contributed by atoms with E-state index in [2.05, 4.69) is 52.2 Å². The van der Waals surface area contributed by atoms with Gasteiger partial charge in [0.1, 0.15) is 4.88 Å². The molecule has 1 fully saturated rings. The van der Waals surface area contributed by atoms with Crippen molar-refractivity contribution in [1.29, 1.82) is 0 Å². The smallest absolute Gasteiger partial charge is 0.267 e. The molecule has 0 unspecified atom stereocenters. The van der Waals surface area contributed by atoms with E-state index in [9.17, 15) is 4.79 Å². The molecule has 1 saturated heterocycles. The Balaban J connectivity index is 1.79. The Morgan fingerprint density at radius 1 is 1.10 bits per heavy atom. The molecule has 0 bridgehead atoms. The highest BCUT2D eigenvalue weighted by atomic mass is 32.1. The van der Waals surface area contributed by atoms with E-state index in [-0.39, 0.29) is 11.9 Å². The molecule has 0 radical (unpaired) electrons. The Hall–Kier alpha value is -2.77. The topological polar surface area (TPSA) is 84.1 Å². The number of pyridine rings is 1. The zero-order valence-electron chi connectivity index (χ0n) is 16.7. The second-order valence-corrected chi connectivity index (χ2v) is 8.49. The van der Waals surface area contributed by atoms with Crippen LogP contribution in [0.15, 0.2) is 42.3 Å². The molecule has 1 aliphatic rings. The highest BCUT2D eigenvalue weighted by molar-refractivity contribution is 7.11. The summed E-state index contributed by atoms with van der Waals surface area (Å²) >= 11 is 1.32. The van der Waals surface area contributed by atoms with Crippen LogP contribution in [0.3, 0.4) is 0 Å². The number of benzene rings is 1. The molecular weight excluding hydrogens is 382 g/mol. The van der Waals surface area contributed by atoms with Crippen LogP contribution in [0.5, 0.6) is 0 Å². The number of carbonyl (C=O) groups excluding carboxylic acids is 1. The average molecular weight is 408 g/mol. The summed E-state index contributed by atoms with van der Waals surface area (Å²) in [6.07, 6.45) is 7.06. The molecule has 0 atom stereocenters. The molecule has 4 rings (SSSR count). The van der Waals surface area contributed by atoms with Crippen LogP contribution in [0.2, 0.25) is 0 Å². The predicted octanol–water partition coefficient (Wildman–Crippen LogP) is 4.00.